The van der Waals surface area contributed by atoms with Crippen molar-refractivity contribution in [3.8, 4) is 0 Å². The Morgan fingerprint density at radius 1 is 1.58 bits per heavy atom. The first-order valence-corrected chi connectivity index (χ1v) is 4.80. The number of rotatable bonds is 5. The molecule has 0 N–H and O–H groups in total. The van der Waals surface area contributed by atoms with Gasteiger partial charge in [0.1, 0.15) is 0 Å². The van der Waals surface area contributed by atoms with Gasteiger partial charge in [-0.2, -0.15) is 0 Å². The fraction of sp³-hybridized carbons (Fsp3) is 0.444. The molecule has 0 radical (unpaired) electrons. The Labute approximate surface area is 76.2 Å². The maximum absolute atomic E-state index is 10.3. The standard InChI is InChI=1S/C9H12O2S/c1-2-5-11-7-9-4-3-8(6-10)12-9/h3-4,6H,2,5,7H2,1H3. The van der Waals surface area contributed by atoms with Crippen LogP contribution in [0.5, 0.6) is 0 Å². The van der Waals surface area contributed by atoms with E-state index in [2.05, 4.69) is 6.92 Å². The smallest absolute Gasteiger partial charge is 0.160 e. The van der Waals surface area contributed by atoms with Crippen LogP contribution in [0.15, 0.2) is 12.1 Å². The maximum atomic E-state index is 10.3. The van der Waals surface area contributed by atoms with Crippen molar-refractivity contribution in [2.24, 2.45) is 0 Å². The molecule has 1 rings (SSSR count). The summed E-state index contributed by atoms with van der Waals surface area (Å²) in [5.74, 6) is 0. The van der Waals surface area contributed by atoms with Crippen LogP contribution in [-0.2, 0) is 11.3 Å². The number of thiophene rings is 1. The van der Waals surface area contributed by atoms with E-state index in [1.54, 1.807) is 0 Å². The zero-order valence-corrected chi connectivity index (χ0v) is 7.89. The molecule has 0 aliphatic carbocycles. The van der Waals surface area contributed by atoms with Crippen molar-refractivity contribution in [3.05, 3.63) is 21.9 Å². The Balaban J connectivity index is 2.36. The highest BCUT2D eigenvalue weighted by atomic mass is 32.1. The third kappa shape index (κ3) is 2.75. The first kappa shape index (κ1) is 9.42. The lowest BCUT2D eigenvalue weighted by Gasteiger charge is -1.97. The Morgan fingerprint density at radius 2 is 2.42 bits per heavy atom. The van der Waals surface area contributed by atoms with Gasteiger partial charge in [0.15, 0.2) is 6.29 Å². The SMILES string of the molecule is CCCOCc1ccc(C=O)s1. The molecule has 1 aromatic rings. The minimum absolute atomic E-state index is 0.631. The van der Waals surface area contributed by atoms with E-state index in [0.29, 0.717) is 6.61 Å². The molecule has 0 unspecified atom stereocenters. The van der Waals surface area contributed by atoms with Gasteiger partial charge in [-0.15, -0.1) is 11.3 Å². The van der Waals surface area contributed by atoms with Gasteiger partial charge in [0.2, 0.25) is 0 Å². The summed E-state index contributed by atoms with van der Waals surface area (Å²) in [5, 5.41) is 0. The summed E-state index contributed by atoms with van der Waals surface area (Å²) in [6, 6.07) is 3.76. The molecule has 0 saturated carbocycles. The summed E-state index contributed by atoms with van der Waals surface area (Å²) < 4.78 is 5.32. The molecule has 0 atom stereocenters. The van der Waals surface area contributed by atoms with Crippen molar-refractivity contribution in [1.82, 2.24) is 0 Å². The van der Waals surface area contributed by atoms with Crippen LogP contribution in [0.4, 0.5) is 0 Å². The van der Waals surface area contributed by atoms with E-state index < -0.39 is 0 Å². The van der Waals surface area contributed by atoms with Gasteiger partial charge in [-0.05, 0) is 18.6 Å². The molecule has 0 aromatic carbocycles. The lowest BCUT2D eigenvalue weighted by molar-refractivity contribution is 0.112. The molecule has 1 aromatic heterocycles. The monoisotopic (exact) mass is 184 g/mol. The molecule has 3 heteroatoms. The fourth-order valence-electron chi connectivity index (χ4n) is 0.853. The van der Waals surface area contributed by atoms with Gasteiger partial charge in [0.25, 0.3) is 0 Å². The zero-order chi connectivity index (χ0) is 8.81. The van der Waals surface area contributed by atoms with E-state index in [9.17, 15) is 4.79 Å². The molecule has 0 aliphatic heterocycles. The largest absolute Gasteiger partial charge is 0.376 e. The van der Waals surface area contributed by atoms with Crippen molar-refractivity contribution in [1.29, 1.82) is 0 Å². The second kappa shape index (κ2) is 5.06. The van der Waals surface area contributed by atoms with Gasteiger partial charge in [-0.1, -0.05) is 6.92 Å². The topological polar surface area (TPSA) is 26.3 Å². The van der Waals surface area contributed by atoms with Crippen LogP contribution in [0.2, 0.25) is 0 Å². The Morgan fingerprint density at radius 3 is 3.00 bits per heavy atom. The molecule has 0 spiro atoms. The number of aldehydes is 1. The summed E-state index contributed by atoms with van der Waals surface area (Å²) in [6.07, 6.45) is 1.90. The second-order valence-corrected chi connectivity index (χ2v) is 3.67. The molecule has 0 bridgehead atoms. The fourth-order valence-corrected chi connectivity index (χ4v) is 1.62. The minimum atomic E-state index is 0.631. The molecule has 0 fully saturated rings. The number of carbonyl (C=O) groups is 1. The van der Waals surface area contributed by atoms with Gasteiger partial charge >= 0.3 is 0 Å². The highest BCUT2D eigenvalue weighted by Gasteiger charge is 1.97. The van der Waals surface area contributed by atoms with Crippen molar-refractivity contribution in [3.63, 3.8) is 0 Å². The average Bonchev–Trinajstić information content (AvgIpc) is 2.53. The lowest BCUT2D eigenvalue weighted by Crippen LogP contribution is -1.90. The maximum Gasteiger partial charge on any atom is 0.160 e. The normalized spacial score (nSPS) is 10.1. The van der Waals surface area contributed by atoms with Crippen LogP contribution in [0.25, 0.3) is 0 Å². The van der Waals surface area contributed by atoms with Gasteiger partial charge < -0.3 is 4.74 Å². The predicted molar refractivity (Wildman–Crippen MR) is 49.7 cm³/mol. The summed E-state index contributed by atoms with van der Waals surface area (Å²) in [5.41, 5.74) is 0. The van der Waals surface area contributed by atoms with Crippen molar-refractivity contribution in [2.45, 2.75) is 20.0 Å². The van der Waals surface area contributed by atoms with Crippen LogP contribution >= 0.6 is 11.3 Å². The minimum Gasteiger partial charge on any atom is -0.376 e. The Hall–Kier alpha value is -0.670. The van der Waals surface area contributed by atoms with Crippen LogP contribution in [-0.4, -0.2) is 12.9 Å². The van der Waals surface area contributed by atoms with E-state index in [1.807, 2.05) is 12.1 Å². The van der Waals surface area contributed by atoms with Crippen LogP contribution < -0.4 is 0 Å². The first-order chi connectivity index (χ1) is 5.86. The molecule has 66 valence electrons. The summed E-state index contributed by atoms with van der Waals surface area (Å²) >= 11 is 1.49. The van der Waals surface area contributed by atoms with Crippen molar-refractivity contribution >= 4 is 17.6 Å². The quantitative estimate of drug-likeness (QED) is 0.519. The highest BCUT2D eigenvalue weighted by Crippen LogP contribution is 2.15. The highest BCUT2D eigenvalue weighted by molar-refractivity contribution is 7.13. The molecule has 0 saturated heterocycles. The third-order valence-corrected chi connectivity index (χ3v) is 2.38. The number of hydrogen-bond acceptors (Lipinski definition) is 3. The molecule has 0 aliphatic rings. The summed E-state index contributed by atoms with van der Waals surface area (Å²) in [7, 11) is 0. The number of carbonyl (C=O) groups excluding carboxylic acids is 1. The van der Waals surface area contributed by atoms with E-state index in [0.717, 1.165) is 29.1 Å². The third-order valence-electron chi connectivity index (χ3n) is 1.39. The Kier molecular flexibility index (Phi) is 3.97. The number of ether oxygens (including phenoxy) is 1. The zero-order valence-electron chi connectivity index (χ0n) is 7.08. The molecule has 12 heavy (non-hydrogen) atoms. The van der Waals surface area contributed by atoms with E-state index in [1.165, 1.54) is 11.3 Å². The van der Waals surface area contributed by atoms with E-state index in [4.69, 9.17) is 4.74 Å². The molecular weight excluding hydrogens is 172 g/mol. The van der Waals surface area contributed by atoms with Crippen molar-refractivity contribution < 1.29 is 9.53 Å². The summed E-state index contributed by atoms with van der Waals surface area (Å²) in [6.45, 7) is 3.49. The van der Waals surface area contributed by atoms with Gasteiger partial charge in [0, 0.05) is 11.5 Å². The van der Waals surface area contributed by atoms with Crippen LogP contribution in [0, 0.1) is 0 Å². The van der Waals surface area contributed by atoms with Crippen LogP contribution in [0.3, 0.4) is 0 Å². The van der Waals surface area contributed by atoms with E-state index >= 15 is 0 Å². The van der Waals surface area contributed by atoms with Crippen molar-refractivity contribution in [2.75, 3.05) is 6.61 Å². The molecule has 1 heterocycles. The first-order valence-electron chi connectivity index (χ1n) is 3.98. The van der Waals surface area contributed by atoms with E-state index in [-0.39, 0.29) is 0 Å². The van der Waals surface area contributed by atoms with Gasteiger partial charge in [0.05, 0.1) is 11.5 Å². The lowest BCUT2D eigenvalue weighted by atomic mass is 10.4. The molecular formula is C9H12O2S. The van der Waals surface area contributed by atoms with Gasteiger partial charge in [-0.3, -0.25) is 4.79 Å². The second-order valence-electron chi connectivity index (χ2n) is 2.47. The molecule has 0 amide bonds. The number of hydrogen-bond donors (Lipinski definition) is 0. The predicted octanol–water partition coefficient (Wildman–Crippen LogP) is 2.49. The van der Waals surface area contributed by atoms with Gasteiger partial charge in [-0.25, -0.2) is 0 Å². The van der Waals surface area contributed by atoms with Crippen LogP contribution in [0.1, 0.15) is 27.9 Å². The average molecular weight is 184 g/mol. The summed E-state index contributed by atoms with van der Waals surface area (Å²) in [4.78, 5) is 12.2. The Bertz CT molecular complexity index is 242. The molecule has 2 nitrogen and oxygen atoms in total.